The van der Waals surface area contributed by atoms with Crippen LogP contribution >= 0.6 is 0 Å². The third-order valence-electron chi connectivity index (χ3n) is 4.02. The Hall–Kier alpha value is -2.69. The zero-order chi connectivity index (χ0) is 18.2. The fraction of sp³-hybridized carbons (Fsp3) is 0.300. The zero-order valence-corrected chi connectivity index (χ0v) is 14.5. The molecule has 1 N–H and O–H groups in total. The van der Waals surface area contributed by atoms with Gasteiger partial charge in [-0.1, -0.05) is 48.5 Å². The Labute approximate surface area is 147 Å². The fourth-order valence-electron chi connectivity index (χ4n) is 2.59. The Bertz CT molecular complexity index is 719. The molecule has 0 aliphatic heterocycles. The van der Waals surface area contributed by atoms with Crippen LogP contribution in [0.5, 0.6) is 0 Å². The van der Waals surface area contributed by atoms with E-state index in [0.717, 1.165) is 5.56 Å². The van der Waals surface area contributed by atoms with E-state index in [2.05, 4.69) is 5.32 Å². The number of hydrogen-bond donors (Lipinski definition) is 1. The Morgan fingerprint density at radius 2 is 1.72 bits per heavy atom. The van der Waals surface area contributed by atoms with Crippen molar-refractivity contribution in [3.63, 3.8) is 0 Å². The molecule has 4 nitrogen and oxygen atoms in total. The molecule has 0 fully saturated rings. The van der Waals surface area contributed by atoms with Crippen molar-refractivity contribution in [3.8, 4) is 0 Å². The molecule has 1 unspecified atom stereocenters. The molecule has 2 aromatic rings. The number of nitrogens with one attached hydrogen (secondary N) is 1. The summed E-state index contributed by atoms with van der Waals surface area (Å²) in [6, 6.07) is 14.9. The molecule has 25 heavy (non-hydrogen) atoms. The molecule has 2 amide bonds. The molecule has 0 aromatic heterocycles. The van der Waals surface area contributed by atoms with Gasteiger partial charge in [0.05, 0.1) is 6.42 Å². The maximum absolute atomic E-state index is 14.0. The largest absolute Gasteiger partial charge is 0.355 e. The lowest BCUT2D eigenvalue weighted by atomic mass is 10.1. The van der Waals surface area contributed by atoms with Crippen LogP contribution < -0.4 is 5.32 Å². The number of likely N-dealkylation sites (N-methyl/N-ethyl adjacent to an activating group) is 1. The second kappa shape index (κ2) is 8.97. The Morgan fingerprint density at radius 1 is 1.08 bits per heavy atom. The van der Waals surface area contributed by atoms with E-state index in [4.69, 9.17) is 0 Å². The highest BCUT2D eigenvalue weighted by Gasteiger charge is 2.26. The molecule has 0 radical (unpaired) electrons. The SMILES string of the molecule is CCNC(=O)C(C)N(Cc1ccccc1F)C(=O)Cc1ccccc1. The van der Waals surface area contributed by atoms with Crippen LogP contribution in [-0.4, -0.2) is 29.3 Å². The van der Waals surface area contributed by atoms with E-state index in [-0.39, 0.29) is 30.6 Å². The lowest BCUT2D eigenvalue weighted by Gasteiger charge is -2.29. The van der Waals surface area contributed by atoms with Crippen molar-refractivity contribution in [2.45, 2.75) is 32.9 Å². The van der Waals surface area contributed by atoms with E-state index in [9.17, 15) is 14.0 Å². The van der Waals surface area contributed by atoms with Crippen LogP contribution in [0.2, 0.25) is 0 Å². The topological polar surface area (TPSA) is 49.4 Å². The third kappa shape index (κ3) is 5.14. The zero-order valence-electron chi connectivity index (χ0n) is 14.5. The maximum atomic E-state index is 14.0. The number of rotatable bonds is 7. The van der Waals surface area contributed by atoms with Gasteiger partial charge in [0.25, 0.3) is 0 Å². The summed E-state index contributed by atoms with van der Waals surface area (Å²) in [4.78, 5) is 26.4. The normalized spacial score (nSPS) is 11.6. The quantitative estimate of drug-likeness (QED) is 0.841. The average molecular weight is 342 g/mol. The van der Waals surface area contributed by atoms with Gasteiger partial charge in [0.2, 0.25) is 11.8 Å². The first kappa shape index (κ1) is 18.6. The molecule has 0 aliphatic carbocycles. The summed E-state index contributed by atoms with van der Waals surface area (Å²) >= 11 is 0. The van der Waals surface area contributed by atoms with E-state index in [0.29, 0.717) is 12.1 Å². The predicted molar refractivity (Wildman–Crippen MR) is 95.2 cm³/mol. The highest BCUT2D eigenvalue weighted by atomic mass is 19.1. The minimum absolute atomic E-state index is 0.0522. The summed E-state index contributed by atoms with van der Waals surface area (Å²) in [5, 5.41) is 2.72. The van der Waals surface area contributed by atoms with Crippen molar-refractivity contribution in [3.05, 3.63) is 71.5 Å². The fourth-order valence-corrected chi connectivity index (χ4v) is 2.59. The van der Waals surface area contributed by atoms with Crippen LogP contribution in [-0.2, 0) is 22.6 Å². The molecular formula is C20H23FN2O2. The van der Waals surface area contributed by atoms with Gasteiger partial charge < -0.3 is 10.2 Å². The Morgan fingerprint density at radius 3 is 2.36 bits per heavy atom. The van der Waals surface area contributed by atoms with Gasteiger partial charge in [-0.2, -0.15) is 0 Å². The van der Waals surface area contributed by atoms with Crippen LogP contribution in [0.3, 0.4) is 0 Å². The molecule has 0 saturated carbocycles. The van der Waals surface area contributed by atoms with Crippen molar-refractivity contribution < 1.29 is 14.0 Å². The van der Waals surface area contributed by atoms with Gasteiger partial charge in [-0.25, -0.2) is 4.39 Å². The standard InChI is InChI=1S/C20H23FN2O2/c1-3-22-20(25)15(2)23(14-17-11-7-8-12-18(17)21)19(24)13-16-9-5-4-6-10-16/h4-12,15H,3,13-14H2,1-2H3,(H,22,25). The Balaban J connectivity index is 2.23. The second-order valence-electron chi connectivity index (χ2n) is 5.85. The molecule has 2 rings (SSSR count). The van der Waals surface area contributed by atoms with Crippen LogP contribution in [0, 0.1) is 5.82 Å². The monoisotopic (exact) mass is 342 g/mol. The van der Waals surface area contributed by atoms with Gasteiger partial charge in [0.15, 0.2) is 0 Å². The number of benzene rings is 2. The first-order valence-corrected chi connectivity index (χ1v) is 8.37. The first-order chi connectivity index (χ1) is 12.0. The van der Waals surface area contributed by atoms with Gasteiger partial charge in [-0.15, -0.1) is 0 Å². The van der Waals surface area contributed by atoms with Gasteiger partial charge in [0, 0.05) is 18.7 Å². The van der Waals surface area contributed by atoms with E-state index in [1.807, 2.05) is 37.3 Å². The Kier molecular flexibility index (Phi) is 6.69. The minimum Gasteiger partial charge on any atom is -0.355 e. The van der Waals surface area contributed by atoms with Gasteiger partial charge in [-0.3, -0.25) is 9.59 Å². The molecule has 5 heteroatoms. The number of halogens is 1. The van der Waals surface area contributed by atoms with Crippen molar-refractivity contribution in [2.24, 2.45) is 0 Å². The lowest BCUT2D eigenvalue weighted by molar-refractivity contribution is -0.140. The maximum Gasteiger partial charge on any atom is 0.242 e. The highest BCUT2D eigenvalue weighted by molar-refractivity contribution is 5.88. The molecular weight excluding hydrogens is 319 g/mol. The van der Waals surface area contributed by atoms with Gasteiger partial charge in [0.1, 0.15) is 11.9 Å². The molecule has 0 saturated heterocycles. The van der Waals surface area contributed by atoms with E-state index >= 15 is 0 Å². The van der Waals surface area contributed by atoms with Crippen molar-refractivity contribution in [1.29, 1.82) is 0 Å². The van der Waals surface area contributed by atoms with E-state index in [1.165, 1.54) is 11.0 Å². The molecule has 1 atom stereocenters. The summed E-state index contributed by atoms with van der Waals surface area (Å²) in [5.74, 6) is -0.850. The van der Waals surface area contributed by atoms with Crippen LogP contribution in [0.1, 0.15) is 25.0 Å². The predicted octanol–water partition coefficient (Wildman–Crippen LogP) is 2.92. The summed E-state index contributed by atoms with van der Waals surface area (Å²) < 4.78 is 14.0. The first-order valence-electron chi connectivity index (χ1n) is 8.37. The molecule has 132 valence electrons. The minimum atomic E-state index is -0.684. The summed E-state index contributed by atoms with van der Waals surface area (Å²) in [7, 11) is 0. The van der Waals surface area contributed by atoms with Crippen molar-refractivity contribution in [1.82, 2.24) is 10.2 Å². The number of amides is 2. The van der Waals surface area contributed by atoms with Gasteiger partial charge in [-0.05, 0) is 25.5 Å². The molecule has 0 bridgehead atoms. The number of carbonyl (C=O) groups excluding carboxylic acids is 2. The second-order valence-corrected chi connectivity index (χ2v) is 5.85. The van der Waals surface area contributed by atoms with Crippen LogP contribution in [0.4, 0.5) is 4.39 Å². The van der Waals surface area contributed by atoms with E-state index in [1.54, 1.807) is 25.1 Å². The van der Waals surface area contributed by atoms with Gasteiger partial charge >= 0.3 is 0 Å². The van der Waals surface area contributed by atoms with Crippen molar-refractivity contribution in [2.75, 3.05) is 6.54 Å². The lowest BCUT2D eigenvalue weighted by Crippen LogP contribution is -2.48. The van der Waals surface area contributed by atoms with Crippen LogP contribution in [0.25, 0.3) is 0 Å². The third-order valence-corrected chi connectivity index (χ3v) is 4.02. The molecule has 0 heterocycles. The smallest absolute Gasteiger partial charge is 0.242 e. The number of hydrogen-bond acceptors (Lipinski definition) is 2. The van der Waals surface area contributed by atoms with Crippen LogP contribution in [0.15, 0.2) is 54.6 Å². The molecule has 0 aliphatic rings. The number of carbonyl (C=O) groups is 2. The van der Waals surface area contributed by atoms with E-state index < -0.39 is 6.04 Å². The summed E-state index contributed by atoms with van der Waals surface area (Å²) in [6.07, 6.45) is 0.166. The van der Waals surface area contributed by atoms with Crippen molar-refractivity contribution >= 4 is 11.8 Å². The molecule has 0 spiro atoms. The number of nitrogens with zero attached hydrogens (tertiary/aromatic N) is 1. The average Bonchev–Trinajstić information content (AvgIpc) is 2.61. The molecule has 2 aromatic carbocycles. The summed E-state index contributed by atoms with van der Waals surface area (Å²) in [6.45, 7) is 4.01. The summed E-state index contributed by atoms with van der Waals surface area (Å²) in [5.41, 5.74) is 1.24. The highest BCUT2D eigenvalue weighted by Crippen LogP contribution is 2.15.